The van der Waals surface area contributed by atoms with Crippen molar-refractivity contribution in [2.24, 2.45) is 0 Å². The van der Waals surface area contributed by atoms with Crippen LogP contribution in [0.4, 0.5) is 29.2 Å². The number of nitrogens with one attached hydrogen (secondary N) is 2. The van der Waals surface area contributed by atoms with Gasteiger partial charge in [-0.05, 0) is 70.1 Å². The molecule has 1 aliphatic carbocycles. The zero-order valence-corrected chi connectivity index (χ0v) is 23.7. The molecule has 1 unspecified atom stereocenters. The molecule has 0 aliphatic heterocycles. The maximum Gasteiger partial charge on any atom is 0.390 e. The van der Waals surface area contributed by atoms with Crippen LogP contribution in [0.2, 0.25) is 0 Å². The molecule has 2 N–H and O–H groups in total. The topological polar surface area (TPSA) is 100 Å². The van der Waals surface area contributed by atoms with Crippen molar-refractivity contribution < 1.29 is 26.0 Å². The Morgan fingerprint density at radius 2 is 1.88 bits per heavy atom. The van der Waals surface area contributed by atoms with E-state index in [0.29, 0.717) is 30.2 Å². The summed E-state index contributed by atoms with van der Waals surface area (Å²) in [6.07, 6.45) is -2.57. The van der Waals surface area contributed by atoms with E-state index < -0.39 is 34.5 Å². The molecule has 4 rings (SSSR count). The van der Waals surface area contributed by atoms with E-state index in [1.165, 1.54) is 6.07 Å². The predicted octanol–water partition coefficient (Wildman–Crippen LogP) is 5.49. The molecule has 3 aromatic rings. The smallest absolute Gasteiger partial charge is 0.351 e. The van der Waals surface area contributed by atoms with Gasteiger partial charge in [0.1, 0.15) is 6.17 Å². The van der Waals surface area contributed by atoms with Gasteiger partial charge in [0, 0.05) is 35.7 Å². The highest BCUT2D eigenvalue weighted by Gasteiger charge is 2.32. The normalized spacial score (nSPS) is 20.2. The summed E-state index contributed by atoms with van der Waals surface area (Å²) in [5.41, 5.74) is 3.52. The third kappa shape index (κ3) is 7.36. The van der Waals surface area contributed by atoms with Crippen LogP contribution >= 0.6 is 0 Å². The average Bonchev–Trinajstić information content (AvgIpc) is 2.87. The van der Waals surface area contributed by atoms with Crippen molar-refractivity contribution in [3.05, 3.63) is 41.7 Å². The van der Waals surface area contributed by atoms with Gasteiger partial charge in [-0.2, -0.15) is 13.2 Å². The molecule has 13 heteroatoms. The molecule has 218 valence electrons. The fourth-order valence-electron chi connectivity index (χ4n) is 5.00. The minimum absolute atomic E-state index is 0.0513. The van der Waals surface area contributed by atoms with E-state index >= 15 is 0 Å². The van der Waals surface area contributed by atoms with Crippen LogP contribution in [-0.4, -0.2) is 72.5 Å². The number of hydrogen-bond donors (Lipinski definition) is 2. The maximum absolute atomic E-state index is 14.6. The van der Waals surface area contributed by atoms with E-state index in [9.17, 15) is 26.0 Å². The monoisotopic (exact) mass is 582 g/mol. The molecule has 1 aliphatic rings. The minimum Gasteiger partial charge on any atom is -0.351 e. The number of rotatable bonds is 9. The summed E-state index contributed by atoms with van der Waals surface area (Å²) in [5, 5.41) is 4.09. The molecule has 1 fully saturated rings. The minimum atomic E-state index is -4.57. The second-order valence-corrected chi connectivity index (χ2v) is 12.3. The number of halogens is 4. The van der Waals surface area contributed by atoms with Crippen molar-refractivity contribution in [3.8, 4) is 11.3 Å². The highest BCUT2D eigenvalue weighted by molar-refractivity contribution is 7.92. The van der Waals surface area contributed by atoms with E-state index in [4.69, 9.17) is 4.98 Å². The predicted molar refractivity (Wildman–Crippen MR) is 149 cm³/mol. The van der Waals surface area contributed by atoms with E-state index in [1.807, 2.05) is 38.1 Å². The van der Waals surface area contributed by atoms with Gasteiger partial charge in [0.2, 0.25) is 16.0 Å². The fraction of sp³-hybridized carbons (Fsp3) is 0.519. The third-order valence-electron chi connectivity index (χ3n) is 7.18. The van der Waals surface area contributed by atoms with Crippen LogP contribution in [0.25, 0.3) is 22.2 Å². The standard InChI is InChI=1S/C27H34F4N6O2S/c1-5-17-12-18(23-8-7-22(16(2)33-23)36-40(38,39)11-10-27(29,30)31)13-19-15-32-26(35-25(17)19)34-20-6-9-24(37(3)4)21(28)14-20/h7-8,12-13,15,20-21,24,36H,5-6,9-11,14H2,1-4H3,(H,32,34,35)/t20-,21?,24-/m1/s1. The van der Waals surface area contributed by atoms with E-state index in [0.717, 1.165) is 34.9 Å². The Morgan fingerprint density at radius 1 is 1.12 bits per heavy atom. The number of nitrogens with zero attached hydrogens (tertiary/aromatic N) is 4. The van der Waals surface area contributed by atoms with E-state index in [1.54, 1.807) is 19.2 Å². The molecular formula is C27H34F4N6O2S. The maximum atomic E-state index is 14.6. The summed E-state index contributed by atoms with van der Waals surface area (Å²) in [5.74, 6) is -0.614. The van der Waals surface area contributed by atoms with E-state index in [-0.39, 0.29) is 17.8 Å². The second kappa shape index (κ2) is 11.8. The summed E-state index contributed by atoms with van der Waals surface area (Å²) in [6.45, 7) is 3.59. The van der Waals surface area contributed by atoms with Crippen LogP contribution in [0, 0.1) is 6.92 Å². The number of anilines is 2. The molecule has 8 nitrogen and oxygen atoms in total. The molecule has 40 heavy (non-hydrogen) atoms. The van der Waals surface area contributed by atoms with Gasteiger partial charge in [0.15, 0.2) is 0 Å². The van der Waals surface area contributed by atoms with Crippen molar-refractivity contribution in [2.45, 2.75) is 70.4 Å². The first-order valence-corrected chi connectivity index (χ1v) is 14.8. The van der Waals surface area contributed by atoms with Gasteiger partial charge >= 0.3 is 6.18 Å². The quantitative estimate of drug-likeness (QED) is 0.322. The molecule has 0 radical (unpaired) electrons. The number of hydrogen-bond acceptors (Lipinski definition) is 7. The second-order valence-electron chi connectivity index (χ2n) is 10.4. The van der Waals surface area contributed by atoms with E-state index in [2.05, 4.69) is 20.0 Å². The van der Waals surface area contributed by atoms with Gasteiger partial charge in [-0.15, -0.1) is 0 Å². The summed E-state index contributed by atoms with van der Waals surface area (Å²) < 4.78 is 78.5. The Morgan fingerprint density at radius 3 is 2.50 bits per heavy atom. The number of sulfonamides is 1. The molecular weight excluding hydrogens is 548 g/mol. The largest absolute Gasteiger partial charge is 0.390 e. The Kier molecular flexibility index (Phi) is 8.83. The SMILES string of the molecule is CCc1cc(-c2ccc(NS(=O)(=O)CCC(F)(F)F)c(C)n2)cc2cnc(N[C@@H]3CC[C@@H](N(C)C)C(F)C3)nc12. The van der Waals surface area contributed by atoms with Crippen LogP contribution in [0.1, 0.15) is 43.9 Å². The highest BCUT2D eigenvalue weighted by Crippen LogP contribution is 2.30. The molecule has 2 heterocycles. The summed E-state index contributed by atoms with van der Waals surface area (Å²) in [6, 6.07) is 6.81. The molecule has 3 atom stereocenters. The summed E-state index contributed by atoms with van der Waals surface area (Å²) >= 11 is 0. The zero-order valence-electron chi connectivity index (χ0n) is 22.9. The first-order valence-electron chi connectivity index (χ1n) is 13.2. The Hall–Kier alpha value is -3.06. The lowest BCUT2D eigenvalue weighted by atomic mass is 9.89. The molecule has 0 bridgehead atoms. The number of fused-ring (bicyclic) bond motifs is 1. The van der Waals surface area contributed by atoms with Gasteiger partial charge in [0.05, 0.1) is 34.8 Å². The van der Waals surface area contributed by atoms with Crippen molar-refractivity contribution in [3.63, 3.8) is 0 Å². The highest BCUT2D eigenvalue weighted by atomic mass is 32.2. The molecule has 1 saturated carbocycles. The van der Waals surface area contributed by atoms with Gasteiger partial charge < -0.3 is 10.2 Å². The van der Waals surface area contributed by atoms with Crippen LogP contribution in [-0.2, 0) is 16.4 Å². The van der Waals surface area contributed by atoms with Crippen molar-refractivity contribution in [1.82, 2.24) is 19.9 Å². The average molecular weight is 583 g/mol. The van der Waals surface area contributed by atoms with Crippen molar-refractivity contribution >= 4 is 32.6 Å². The number of aryl methyl sites for hydroxylation is 2. The lowest BCUT2D eigenvalue weighted by molar-refractivity contribution is -0.129. The number of benzene rings is 1. The van der Waals surface area contributed by atoms with Crippen molar-refractivity contribution in [1.29, 1.82) is 0 Å². The Labute approximate surface area is 231 Å². The molecule has 2 aromatic heterocycles. The van der Waals surface area contributed by atoms with Crippen LogP contribution in [0.15, 0.2) is 30.5 Å². The summed E-state index contributed by atoms with van der Waals surface area (Å²) in [7, 11) is -0.395. The molecule has 1 aromatic carbocycles. The number of pyridine rings is 1. The molecule has 0 spiro atoms. The van der Waals surface area contributed by atoms with Gasteiger partial charge in [-0.1, -0.05) is 6.92 Å². The molecule has 0 saturated heterocycles. The van der Waals surface area contributed by atoms with Gasteiger partial charge in [0.25, 0.3) is 0 Å². The van der Waals surface area contributed by atoms with Crippen molar-refractivity contribution in [2.75, 3.05) is 29.9 Å². The van der Waals surface area contributed by atoms with Crippen LogP contribution in [0.3, 0.4) is 0 Å². The first kappa shape index (κ1) is 29.9. The van der Waals surface area contributed by atoms with Crippen LogP contribution < -0.4 is 10.0 Å². The lowest BCUT2D eigenvalue weighted by Crippen LogP contribution is -2.44. The number of aromatic nitrogens is 3. The summed E-state index contributed by atoms with van der Waals surface area (Å²) in [4.78, 5) is 15.6. The zero-order chi connectivity index (χ0) is 29.2. The van der Waals surface area contributed by atoms with Gasteiger partial charge in [-0.3, -0.25) is 9.71 Å². The lowest BCUT2D eigenvalue weighted by Gasteiger charge is -2.35. The Bertz CT molecular complexity index is 1470. The first-order chi connectivity index (χ1) is 18.7. The number of alkyl halides is 4. The molecule has 0 amide bonds. The fourth-order valence-corrected chi connectivity index (χ4v) is 6.15. The third-order valence-corrected chi connectivity index (χ3v) is 8.45. The van der Waals surface area contributed by atoms with Gasteiger partial charge in [-0.25, -0.2) is 22.8 Å². The van der Waals surface area contributed by atoms with Crippen LogP contribution in [0.5, 0.6) is 0 Å². The Balaban J connectivity index is 1.53.